The van der Waals surface area contributed by atoms with E-state index in [2.05, 4.69) is 55.4 Å². The van der Waals surface area contributed by atoms with Crippen LogP contribution in [0.4, 0.5) is 0 Å². The van der Waals surface area contributed by atoms with Gasteiger partial charge in [-0.05, 0) is 81.3 Å². The van der Waals surface area contributed by atoms with Crippen LogP contribution in [0.2, 0.25) is 18.1 Å². The minimum Gasteiger partial charge on any atom is -0.412 e. The van der Waals surface area contributed by atoms with Gasteiger partial charge in [-0.3, -0.25) is 4.79 Å². The van der Waals surface area contributed by atoms with E-state index in [1.54, 1.807) is 0 Å². The molecular formula is C25H48O2Si. The molecular weight excluding hydrogens is 360 g/mol. The average molecular weight is 409 g/mol. The van der Waals surface area contributed by atoms with Crippen molar-refractivity contribution >= 4 is 14.1 Å². The van der Waals surface area contributed by atoms with Crippen LogP contribution < -0.4 is 0 Å². The lowest BCUT2D eigenvalue weighted by Crippen LogP contribution is -2.44. The summed E-state index contributed by atoms with van der Waals surface area (Å²) in [6, 6.07) is 3.69. The predicted octanol–water partition coefficient (Wildman–Crippen LogP) is 7.62. The SMILES string of the molecule is CC[Si](CC)(CC)OC(C)(C)CCC[C@@H](C)[C@H]1CC[C@H]2C(=O)[C@H](C)CC[C@]12C. The van der Waals surface area contributed by atoms with Crippen LogP contribution in [-0.4, -0.2) is 19.7 Å². The van der Waals surface area contributed by atoms with Gasteiger partial charge >= 0.3 is 0 Å². The Balaban J connectivity index is 1.90. The summed E-state index contributed by atoms with van der Waals surface area (Å²) in [7, 11) is -1.54. The van der Waals surface area contributed by atoms with Crippen LogP contribution in [-0.2, 0) is 9.22 Å². The first-order valence-corrected chi connectivity index (χ1v) is 14.8. The highest BCUT2D eigenvalue weighted by molar-refractivity contribution is 6.73. The summed E-state index contributed by atoms with van der Waals surface area (Å²) in [5, 5.41) is 0. The Hall–Kier alpha value is -0.153. The van der Waals surface area contributed by atoms with E-state index >= 15 is 0 Å². The Kier molecular flexibility index (Phi) is 8.04. The maximum absolute atomic E-state index is 12.7. The van der Waals surface area contributed by atoms with Gasteiger partial charge in [0, 0.05) is 11.8 Å². The molecule has 0 aromatic heterocycles. The maximum Gasteiger partial charge on any atom is 0.192 e. The van der Waals surface area contributed by atoms with Gasteiger partial charge in [0.25, 0.3) is 0 Å². The second kappa shape index (κ2) is 9.33. The molecule has 0 bridgehead atoms. The standard InChI is InChI=1S/C25H48O2Si/c1-9-28(10-2,11-3)27-24(6,7)17-12-13-19(4)21-14-15-22-23(26)20(5)16-18-25(21,22)8/h19-22H,9-18H2,1-8H3/t19-,20-,21-,22+,25-/m1/s1. The molecule has 2 rings (SSSR count). The highest BCUT2D eigenvalue weighted by atomic mass is 28.4. The molecule has 0 aliphatic heterocycles. The van der Waals surface area contributed by atoms with Crippen molar-refractivity contribution in [2.45, 2.75) is 124 Å². The summed E-state index contributed by atoms with van der Waals surface area (Å²) >= 11 is 0. The maximum atomic E-state index is 12.7. The van der Waals surface area contributed by atoms with E-state index in [0.717, 1.165) is 31.1 Å². The zero-order valence-electron chi connectivity index (χ0n) is 20.2. The fourth-order valence-electron chi connectivity index (χ4n) is 6.69. The number of ketones is 1. The molecule has 2 aliphatic carbocycles. The van der Waals surface area contributed by atoms with Gasteiger partial charge in [-0.25, -0.2) is 0 Å². The summed E-state index contributed by atoms with van der Waals surface area (Å²) in [4.78, 5) is 12.7. The average Bonchev–Trinajstić information content (AvgIpc) is 3.01. The van der Waals surface area contributed by atoms with Gasteiger partial charge in [-0.15, -0.1) is 0 Å². The highest BCUT2D eigenvalue weighted by Crippen LogP contribution is 2.58. The zero-order chi connectivity index (χ0) is 21.2. The lowest BCUT2D eigenvalue weighted by atomic mass is 9.60. The molecule has 0 amide bonds. The summed E-state index contributed by atoms with van der Waals surface area (Å²) in [6.07, 6.45) is 8.45. The van der Waals surface area contributed by atoms with E-state index < -0.39 is 8.32 Å². The third-order valence-corrected chi connectivity index (χ3v) is 13.8. The zero-order valence-corrected chi connectivity index (χ0v) is 21.2. The molecule has 164 valence electrons. The molecule has 0 aromatic rings. The Bertz CT molecular complexity index is 516. The van der Waals surface area contributed by atoms with E-state index in [1.807, 2.05) is 0 Å². The molecule has 0 spiro atoms. The quantitative estimate of drug-likeness (QED) is 0.347. The van der Waals surface area contributed by atoms with Crippen LogP contribution >= 0.6 is 0 Å². The van der Waals surface area contributed by atoms with Gasteiger partial charge in [-0.1, -0.05) is 54.4 Å². The number of carbonyl (C=O) groups excluding carboxylic acids is 1. The number of fused-ring (bicyclic) bond motifs is 1. The van der Waals surface area contributed by atoms with E-state index in [0.29, 0.717) is 17.6 Å². The summed E-state index contributed by atoms with van der Waals surface area (Å²) in [5.74, 6) is 2.66. The Morgan fingerprint density at radius 1 is 1.14 bits per heavy atom. The predicted molar refractivity (Wildman–Crippen MR) is 123 cm³/mol. The molecule has 2 aliphatic rings. The summed E-state index contributed by atoms with van der Waals surface area (Å²) in [5.41, 5.74) is 0.274. The monoisotopic (exact) mass is 408 g/mol. The minimum atomic E-state index is -1.54. The third-order valence-electron chi connectivity index (χ3n) is 8.91. The van der Waals surface area contributed by atoms with E-state index in [1.165, 1.54) is 43.8 Å². The Morgan fingerprint density at radius 3 is 2.32 bits per heavy atom. The van der Waals surface area contributed by atoms with Crippen LogP contribution in [0.5, 0.6) is 0 Å². The first-order chi connectivity index (χ1) is 13.0. The molecule has 0 radical (unpaired) electrons. The molecule has 28 heavy (non-hydrogen) atoms. The molecule has 3 heteroatoms. The fourth-order valence-corrected chi connectivity index (χ4v) is 9.90. The van der Waals surface area contributed by atoms with Crippen LogP contribution in [0.15, 0.2) is 0 Å². The molecule has 5 atom stereocenters. The van der Waals surface area contributed by atoms with E-state index in [-0.39, 0.29) is 11.0 Å². The van der Waals surface area contributed by atoms with Crippen molar-refractivity contribution in [1.82, 2.24) is 0 Å². The molecule has 0 heterocycles. The van der Waals surface area contributed by atoms with Crippen molar-refractivity contribution in [3.63, 3.8) is 0 Å². The van der Waals surface area contributed by atoms with Gasteiger partial charge < -0.3 is 4.43 Å². The first kappa shape index (κ1) is 24.1. The van der Waals surface area contributed by atoms with Gasteiger partial charge in [0.05, 0.1) is 5.60 Å². The Morgan fingerprint density at radius 2 is 1.75 bits per heavy atom. The summed E-state index contributed by atoms with van der Waals surface area (Å²) < 4.78 is 6.81. The Labute approximate surface area is 176 Å². The van der Waals surface area contributed by atoms with Crippen LogP contribution in [0, 0.1) is 29.1 Å². The smallest absolute Gasteiger partial charge is 0.192 e. The largest absolute Gasteiger partial charge is 0.412 e. The molecule has 2 fully saturated rings. The van der Waals surface area contributed by atoms with Crippen LogP contribution in [0.1, 0.15) is 100 Å². The topological polar surface area (TPSA) is 26.3 Å². The highest BCUT2D eigenvalue weighted by Gasteiger charge is 2.53. The molecule has 0 aromatic carbocycles. The van der Waals surface area contributed by atoms with Crippen molar-refractivity contribution < 1.29 is 9.22 Å². The van der Waals surface area contributed by atoms with Crippen LogP contribution in [0.3, 0.4) is 0 Å². The van der Waals surface area contributed by atoms with Gasteiger partial charge in [-0.2, -0.15) is 0 Å². The number of hydrogen-bond acceptors (Lipinski definition) is 2. The number of hydrogen-bond donors (Lipinski definition) is 0. The number of rotatable bonds is 10. The van der Waals surface area contributed by atoms with Crippen molar-refractivity contribution in [3.8, 4) is 0 Å². The van der Waals surface area contributed by atoms with Gasteiger partial charge in [0.15, 0.2) is 8.32 Å². The van der Waals surface area contributed by atoms with Crippen LogP contribution in [0.25, 0.3) is 0 Å². The molecule has 0 saturated heterocycles. The molecule has 0 unspecified atom stereocenters. The van der Waals surface area contributed by atoms with Crippen molar-refractivity contribution in [2.75, 3.05) is 0 Å². The van der Waals surface area contributed by atoms with Crippen molar-refractivity contribution in [2.24, 2.45) is 29.1 Å². The van der Waals surface area contributed by atoms with Crippen molar-refractivity contribution in [1.29, 1.82) is 0 Å². The first-order valence-electron chi connectivity index (χ1n) is 12.3. The lowest BCUT2D eigenvalue weighted by Gasteiger charge is -2.44. The van der Waals surface area contributed by atoms with Gasteiger partial charge in [0.1, 0.15) is 5.78 Å². The fraction of sp³-hybridized carbons (Fsp3) is 0.960. The normalized spacial score (nSPS) is 32.4. The number of Topliss-reactive ketones (excluding diaryl/α,β-unsaturated/α-hetero) is 1. The molecule has 2 saturated carbocycles. The number of carbonyl (C=O) groups is 1. The summed E-state index contributed by atoms with van der Waals surface area (Å²) in [6.45, 7) is 18.6. The van der Waals surface area contributed by atoms with Gasteiger partial charge in [0.2, 0.25) is 0 Å². The third kappa shape index (κ3) is 4.94. The second-order valence-electron chi connectivity index (χ2n) is 11.1. The van der Waals surface area contributed by atoms with Crippen molar-refractivity contribution in [3.05, 3.63) is 0 Å². The lowest BCUT2D eigenvalue weighted by molar-refractivity contribution is -0.134. The molecule has 0 N–H and O–H groups in total. The van der Waals surface area contributed by atoms with E-state index in [9.17, 15) is 4.79 Å². The minimum absolute atomic E-state index is 0.00627. The second-order valence-corrected chi connectivity index (χ2v) is 15.8. The van der Waals surface area contributed by atoms with E-state index in [4.69, 9.17) is 4.43 Å². The molecule has 2 nitrogen and oxygen atoms in total.